The summed E-state index contributed by atoms with van der Waals surface area (Å²) in [5.74, 6) is 0. The molecule has 1 amide bonds. The third-order valence-corrected chi connectivity index (χ3v) is 2.25. The molecule has 0 bridgehead atoms. The number of likely N-dealkylation sites (tertiary alicyclic amines) is 1. The number of nitrogens with zero attached hydrogens (tertiary/aromatic N) is 1. The number of carbonyl (C=O) groups is 1. The molecule has 0 aliphatic carbocycles. The predicted molar refractivity (Wildman–Crippen MR) is 41.3 cm³/mol. The van der Waals surface area contributed by atoms with Crippen LogP contribution in [0, 0.1) is 0 Å². The van der Waals surface area contributed by atoms with E-state index in [4.69, 9.17) is 11.6 Å². The van der Waals surface area contributed by atoms with Gasteiger partial charge < -0.3 is 4.90 Å². The van der Waals surface area contributed by atoms with E-state index < -0.39 is 0 Å². The third kappa shape index (κ3) is 1.63. The van der Waals surface area contributed by atoms with Gasteiger partial charge in [-0.1, -0.05) is 0 Å². The van der Waals surface area contributed by atoms with Gasteiger partial charge >= 0.3 is 5.37 Å². The summed E-state index contributed by atoms with van der Waals surface area (Å²) >= 11 is 5.34. The molecule has 1 aliphatic heterocycles. The highest BCUT2D eigenvalue weighted by atomic mass is 35.5. The summed E-state index contributed by atoms with van der Waals surface area (Å²) in [6.07, 6.45) is 3.42. The van der Waals surface area contributed by atoms with Crippen molar-refractivity contribution in [2.45, 2.75) is 32.2 Å². The lowest BCUT2D eigenvalue weighted by Crippen LogP contribution is -2.38. The van der Waals surface area contributed by atoms with Crippen LogP contribution in [-0.4, -0.2) is 22.9 Å². The summed E-state index contributed by atoms with van der Waals surface area (Å²) in [5, 5.41) is -0.299. The average molecular weight is 162 g/mol. The van der Waals surface area contributed by atoms with E-state index in [1.165, 1.54) is 6.42 Å². The Morgan fingerprint density at radius 2 is 2.30 bits per heavy atom. The molecule has 0 aromatic carbocycles. The zero-order valence-corrected chi connectivity index (χ0v) is 6.90. The Bertz CT molecular complexity index is 138. The first-order valence-corrected chi connectivity index (χ1v) is 4.05. The first kappa shape index (κ1) is 7.86. The highest BCUT2D eigenvalue weighted by Gasteiger charge is 2.20. The van der Waals surface area contributed by atoms with Gasteiger partial charge in [-0.15, -0.1) is 0 Å². The second-order valence-electron chi connectivity index (χ2n) is 2.79. The molecule has 1 heterocycles. The fraction of sp³-hybridized carbons (Fsp3) is 0.857. The van der Waals surface area contributed by atoms with Crippen LogP contribution in [0.25, 0.3) is 0 Å². The SMILES string of the molecule is C[C@@H]1CCCCN1C(=O)Cl. The van der Waals surface area contributed by atoms with Crippen molar-refractivity contribution in [3.63, 3.8) is 0 Å². The largest absolute Gasteiger partial charge is 0.327 e. The van der Waals surface area contributed by atoms with Crippen molar-refractivity contribution in [2.75, 3.05) is 6.54 Å². The van der Waals surface area contributed by atoms with Gasteiger partial charge in [0.25, 0.3) is 0 Å². The van der Waals surface area contributed by atoms with E-state index in [1.807, 2.05) is 6.92 Å². The molecule has 0 unspecified atom stereocenters. The van der Waals surface area contributed by atoms with Crippen molar-refractivity contribution in [1.82, 2.24) is 4.90 Å². The van der Waals surface area contributed by atoms with Gasteiger partial charge in [0.05, 0.1) is 0 Å². The van der Waals surface area contributed by atoms with Gasteiger partial charge in [0, 0.05) is 12.6 Å². The Hall–Kier alpha value is -0.240. The van der Waals surface area contributed by atoms with E-state index in [0.717, 1.165) is 19.4 Å². The Labute approximate surface area is 66.1 Å². The van der Waals surface area contributed by atoms with E-state index in [9.17, 15) is 4.79 Å². The molecule has 3 heteroatoms. The van der Waals surface area contributed by atoms with Crippen molar-refractivity contribution >= 4 is 17.0 Å². The summed E-state index contributed by atoms with van der Waals surface area (Å²) in [6.45, 7) is 2.88. The first-order chi connectivity index (χ1) is 4.72. The number of hydrogen-bond donors (Lipinski definition) is 0. The fourth-order valence-corrected chi connectivity index (χ4v) is 1.61. The summed E-state index contributed by atoms with van der Waals surface area (Å²) in [5.41, 5.74) is 0. The van der Waals surface area contributed by atoms with Gasteiger partial charge in [-0.2, -0.15) is 0 Å². The number of halogens is 1. The van der Waals surface area contributed by atoms with Gasteiger partial charge in [0.2, 0.25) is 0 Å². The van der Waals surface area contributed by atoms with Crippen LogP contribution in [0.2, 0.25) is 0 Å². The molecule has 1 aliphatic rings. The molecule has 2 nitrogen and oxygen atoms in total. The van der Waals surface area contributed by atoms with E-state index in [-0.39, 0.29) is 5.37 Å². The maximum Gasteiger partial charge on any atom is 0.316 e. The molecule has 0 N–H and O–H groups in total. The highest BCUT2D eigenvalue weighted by Crippen LogP contribution is 2.17. The topological polar surface area (TPSA) is 20.3 Å². The van der Waals surface area contributed by atoms with Crippen LogP contribution in [-0.2, 0) is 0 Å². The van der Waals surface area contributed by atoms with E-state index in [2.05, 4.69) is 0 Å². The van der Waals surface area contributed by atoms with Crippen molar-refractivity contribution in [1.29, 1.82) is 0 Å². The maximum absolute atomic E-state index is 10.7. The van der Waals surface area contributed by atoms with Crippen LogP contribution >= 0.6 is 11.6 Å². The number of carbonyl (C=O) groups excluding carboxylic acids is 1. The normalized spacial score (nSPS) is 26.6. The zero-order valence-electron chi connectivity index (χ0n) is 6.14. The number of amides is 1. The lowest BCUT2D eigenvalue weighted by molar-refractivity contribution is 0.180. The second-order valence-corrected chi connectivity index (χ2v) is 3.11. The van der Waals surface area contributed by atoms with E-state index in [0.29, 0.717) is 6.04 Å². The van der Waals surface area contributed by atoms with Crippen LogP contribution in [0.3, 0.4) is 0 Å². The Kier molecular flexibility index (Phi) is 2.55. The molecule has 0 saturated carbocycles. The van der Waals surface area contributed by atoms with Gasteiger partial charge in [0.15, 0.2) is 0 Å². The molecule has 0 aromatic heterocycles. The standard InChI is InChI=1S/C7H12ClNO/c1-6-4-2-3-5-9(6)7(8)10/h6H,2-5H2,1H3/t6-/m1/s1. The van der Waals surface area contributed by atoms with Gasteiger partial charge in [-0.25, -0.2) is 0 Å². The molecular weight excluding hydrogens is 150 g/mol. The predicted octanol–water partition coefficient (Wildman–Crippen LogP) is 2.22. The summed E-state index contributed by atoms with van der Waals surface area (Å²) in [4.78, 5) is 12.4. The molecule has 1 rings (SSSR count). The lowest BCUT2D eigenvalue weighted by atomic mass is 10.1. The minimum atomic E-state index is -0.299. The second kappa shape index (κ2) is 3.24. The van der Waals surface area contributed by atoms with Crippen LogP contribution in [0.1, 0.15) is 26.2 Å². The average Bonchev–Trinajstić information content (AvgIpc) is 1.88. The lowest BCUT2D eigenvalue weighted by Gasteiger charge is -2.31. The fourth-order valence-electron chi connectivity index (χ4n) is 1.36. The number of hydrogen-bond acceptors (Lipinski definition) is 1. The minimum Gasteiger partial charge on any atom is -0.327 e. The third-order valence-electron chi connectivity index (χ3n) is 2.03. The van der Waals surface area contributed by atoms with Crippen LogP contribution in [0.15, 0.2) is 0 Å². The van der Waals surface area contributed by atoms with Crippen molar-refractivity contribution in [2.24, 2.45) is 0 Å². The van der Waals surface area contributed by atoms with Gasteiger partial charge in [-0.3, -0.25) is 4.79 Å². The van der Waals surface area contributed by atoms with Gasteiger partial charge in [-0.05, 0) is 37.8 Å². The smallest absolute Gasteiger partial charge is 0.316 e. The highest BCUT2D eigenvalue weighted by molar-refractivity contribution is 6.62. The molecule has 10 heavy (non-hydrogen) atoms. The van der Waals surface area contributed by atoms with Crippen molar-refractivity contribution in [3.8, 4) is 0 Å². The summed E-state index contributed by atoms with van der Waals surface area (Å²) in [6, 6.07) is 0.346. The molecule has 0 aromatic rings. The minimum absolute atomic E-state index is 0.299. The van der Waals surface area contributed by atoms with Crippen LogP contribution in [0.5, 0.6) is 0 Å². The van der Waals surface area contributed by atoms with Crippen LogP contribution in [0.4, 0.5) is 4.79 Å². The molecule has 0 radical (unpaired) electrons. The van der Waals surface area contributed by atoms with E-state index >= 15 is 0 Å². The number of rotatable bonds is 0. The van der Waals surface area contributed by atoms with Crippen molar-refractivity contribution < 1.29 is 4.79 Å². The monoisotopic (exact) mass is 161 g/mol. The summed E-state index contributed by atoms with van der Waals surface area (Å²) in [7, 11) is 0. The Morgan fingerprint density at radius 1 is 1.60 bits per heavy atom. The van der Waals surface area contributed by atoms with Gasteiger partial charge in [0.1, 0.15) is 0 Å². The molecule has 1 fully saturated rings. The molecular formula is C7H12ClNO. The quantitative estimate of drug-likeness (QED) is 0.394. The zero-order chi connectivity index (χ0) is 7.56. The maximum atomic E-state index is 10.7. The number of piperidine rings is 1. The first-order valence-electron chi connectivity index (χ1n) is 3.68. The molecule has 1 atom stereocenters. The Balaban J connectivity index is 2.47. The summed E-state index contributed by atoms with van der Waals surface area (Å²) < 4.78 is 0. The Morgan fingerprint density at radius 3 is 2.70 bits per heavy atom. The van der Waals surface area contributed by atoms with Crippen molar-refractivity contribution in [3.05, 3.63) is 0 Å². The van der Waals surface area contributed by atoms with E-state index in [1.54, 1.807) is 4.90 Å². The molecule has 1 saturated heterocycles. The molecule has 58 valence electrons. The molecule has 0 spiro atoms. The van der Waals surface area contributed by atoms with Crippen LogP contribution < -0.4 is 0 Å².